The molecular weight excluding hydrogens is 318 g/mol. The first kappa shape index (κ1) is 17.1. The Kier molecular flexibility index (Phi) is 5.01. The number of hydrogen-bond donors (Lipinski definition) is 1. The molecule has 0 radical (unpaired) electrons. The van der Waals surface area contributed by atoms with E-state index in [0.717, 1.165) is 10.6 Å². The smallest absolute Gasteiger partial charge is 0.242 e. The Hall–Kier alpha value is -1.28. The van der Waals surface area contributed by atoms with Gasteiger partial charge in [-0.3, -0.25) is 0 Å². The van der Waals surface area contributed by atoms with E-state index in [4.69, 9.17) is 0 Å². The van der Waals surface area contributed by atoms with E-state index in [2.05, 4.69) is 24.1 Å². The number of aromatic nitrogens is 1. The van der Waals surface area contributed by atoms with Gasteiger partial charge in [0, 0.05) is 32.2 Å². The zero-order valence-corrected chi connectivity index (χ0v) is 14.8. The van der Waals surface area contributed by atoms with E-state index in [1.54, 1.807) is 35.7 Å². The number of sulfonamides is 1. The summed E-state index contributed by atoms with van der Waals surface area (Å²) in [5, 5.41) is 6.38. The zero-order valence-electron chi connectivity index (χ0n) is 13.2. The minimum absolute atomic E-state index is 0.259. The fourth-order valence-electron chi connectivity index (χ4n) is 1.96. The minimum Gasteiger partial charge on any atom is -0.302 e. The Labute approximate surface area is 136 Å². The van der Waals surface area contributed by atoms with Gasteiger partial charge in [0.2, 0.25) is 10.0 Å². The van der Waals surface area contributed by atoms with Gasteiger partial charge in [0.25, 0.3) is 0 Å². The highest BCUT2D eigenvalue weighted by Crippen LogP contribution is 2.23. The van der Waals surface area contributed by atoms with Crippen molar-refractivity contribution in [3.05, 3.63) is 46.4 Å². The van der Waals surface area contributed by atoms with Crippen molar-refractivity contribution >= 4 is 21.4 Å². The maximum absolute atomic E-state index is 12.2. The van der Waals surface area contributed by atoms with Gasteiger partial charge in [-0.05, 0) is 31.5 Å². The molecule has 1 aromatic carbocycles. The van der Waals surface area contributed by atoms with Crippen LogP contribution in [0.4, 0.5) is 0 Å². The highest BCUT2D eigenvalue weighted by Gasteiger charge is 2.23. The summed E-state index contributed by atoms with van der Waals surface area (Å²) >= 11 is 1.60. The van der Waals surface area contributed by atoms with Crippen LogP contribution in [-0.2, 0) is 22.1 Å². The Morgan fingerprint density at radius 3 is 2.64 bits per heavy atom. The summed E-state index contributed by atoms with van der Waals surface area (Å²) in [7, 11) is -0.334. The van der Waals surface area contributed by atoms with E-state index in [1.807, 2.05) is 11.4 Å². The lowest BCUT2D eigenvalue weighted by Crippen LogP contribution is -2.35. The first-order valence-corrected chi connectivity index (χ1v) is 9.22. The van der Waals surface area contributed by atoms with Crippen LogP contribution in [0.2, 0.25) is 0 Å². The van der Waals surface area contributed by atoms with Crippen molar-refractivity contribution in [2.75, 3.05) is 14.1 Å². The lowest BCUT2D eigenvalue weighted by Gasteiger charge is -2.24. The van der Waals surface area contributed by atoms with E-state index in [-0.39, 0.29) is 5.54 Å². The molecule has 2 rings (SSSR count). The van der Waals surface area contributed by atoms with E-state index in [9.17, 15) is 8.42 Å². The number of rotatable bonds is 6. The molecule has 2 aromatic rings. The van der Waals surface area contributed by atoms with Crippen LogP contribution in [0.25, 0.3) is 0 Å². The van der Waals surface area contributed by atoms with E-state index in [1.165, 1.54) is 18.4 Å². The van der Waals surface area contributed by atoms with Crippen molar-refractivity contribution in [3.63, 3.8) is 0 Å². The second-order valence-corrected chi connectivity index (χ2v) is 8.80. The van der Waals surface area contributed by atoms with Gasteiger partial charge in [0.15, 0.2) is 0 Å². The lowest BCUT2D eigenvalue weighted by atomic mass is 10.1. The van der Waals surface area contributed by atoms with Crippen molar-refractivity contribution in [2.45, 2.75) is 30.8 Å². The first-order valence-electron chi connectivity index (χ1n) is 6.90. The Bertz CT molecular complexity index is 723. The molecule has 0 atom stereocenters. The number of thiazole rings is 1. The van der Waals surface area contributed by atoms with Crippen molar-refractivity contribution in [3.8, 4) is 0 Å². The molecule has 7 heteroatoms. The Balaban J connectivity index is 2.15. The molecule has 120 valence electrons. The second kappa shape index (κ2) is 6.45. The summed E-state index contributed by atoms with van der Waals surface area (Å²) in [6.07, 6.45) is 1.79. The molecule has 0 saturated heterocycles. The molecule has 0 saturated carbocycles. The monoisotopic (exact) mass is 339 g/mol. The first-order chi connectivity index (χ1) is 10.2. The number of benzene rings is 1. The second-order valence-electron chi connectivity index (χ2n) is 5.75. The summed E-state index contributed by atoms with van der Waals surface area (Å²) in [4.78, 5) is 4.64. The molecule has 1 aromatic heterocycles. The molecule has 0 bridgehead atoms. The molecule has 0 spiro atoms. The molecule has 22 heavy (non-hydrogen) atoms. The molecule has 0 aliphatic rings. The third-order valence-corrected chi connectivity index (χ3v) is 6.29. The van der Waals surface area contributed by atoms with Gasteiger partial charge in [-0.15, -0.1) is 11.3 Å². The predicted octanol–water partition coefficient (Wildman–Crippen LogP) is 2.42. The van der Waals surface area contributed by atoms with Crippen LogP contribution in [-0.4, -0.2) is 31.8 Å². The van der Waals surface area contributed by atoms with Crippen LogP contribution in [0.15, 0.2) is 40.7 Å². The minimum atomic E-state index is -3.40. The molecule has 5 nitrogen and oxygen atoms in total. The normalized spacial score (nSPS) is 12.8. The molecular formula is C15H21N3O2S2. The average Bonchev–Trinajstić information content (AvgIpc) is 3.00. The summed E-state index contributed by atoms with van der Waals surface area (Å²) in [5.41, 5.74) is 0.664. The number of nitrogens with one attached hydrogen (secondary N) is 1. The molecule has 0 unspecified atom stereocenters. The predicted molar refractivity (Wildman–Crippen MR) is 89.3 cm³/mol. The van der Waals surface area contributed by atoms with Crippen LogP contribution >= 0.6 is 11.3 Å². The fourth-order valence-corrected chi connectivity index (χ4v) is 3.67. The average molecular weight is 339 g/mol. The van der Waals surface area contributed by atoms with E-state index < -0.39 is 10.0 Å². The topological polar surface area (TPSA) is 62.3 Å². The number of nitrogens with zero attached hydrogens (tertiary/aromatic N) is 2. The summed E-state index contributed by atoms with van der Waals surface area (Å²) in [6, 6.07) is 7.01. The van der Waals surface area contributed by atoms with Crippen molar-refractivity contribution in [1.82, 2.24) is 14.6 Å². The molecule has 0 aliphatic heterocycles. The van der Waals surface area contributed by atoms with Gasteiger partial charge in [-0.2, -0.15) is 0 Å². The SMILES string of the molecule is CN(C)S(=O)(=O)c1cccc(CNC(C)(C)c2nccs2)c1. The van der Waals surface area contributed by atoms with E-state index >= 15 is 0 Å². The maximum atomic E-state index is 12.2. The van der Waals surface area contributed by atoms with Crippen molar-refractivity contribution in [1.29, 1.82) is 0 Å². The molecule has 1 heterocycles. The number of hydrogen-bond acceptors (Lipinski definition) is 5. The third kappa shape index (κ3) is 3.73. The van der Waals surface area contributed by atoms with Crippen molar-refractivity contribution in [2.24, 2.45) is 0 Å². The highest BCUT2D eigenvalue weighted by atomic mass is 32.2. The maximum Gasteiger partial charge on any atom is 0.242 e. The summed E-state index contributed by atoms with van der Waals surface area (Å²) in [6.45, 7) is 4.70. The van der Waals surface area contributed by atoms with E-state index in [0.29, 0.717) is 11.4 Å². The standard InChI is InChI=1S/C15H21N3O2S2/c1-15(2,14-16-8-9-21-14)17-11-12-6-5-7-13(10-12)22(19,20)18(3)4/h5-10,17H,11H2,1-4H3. The van der Waals surface area contributed by atoms with Gasteiger partial charge >= 0.3 is 0 Å². The van der Waals surface area contributed by atoms with Gasteiger partial charge in [0.1, 0.15) is 5.01 Å². The zero-order chi connectivity index (χ0) is 16.4. The lowest BCUT2D eigenvalue weighted by molar-refractivity contribution is 0.399. The van der Waals surface area contributed by atoms with Crippen LogP contribution in [0.3, 0.4) is 0 Å². The Morgan fingerprint density at radius 2 is 2.05 bits per heavy atom. The van der Waals surface area contributed by atoms with Crippen molar-refractivity contribution < 1.29 is 8.42 Å². The summed E-state index contributed by atoms with van der Waals surface area (Å²) < 4.78 is 25.6. The molecule has 0 aliphatic carbocycles. The molecule has 1 N–H and O–H groups in total. The largest absolute Gasteiger partial charge is 0.302 e. The van der Waals surface area contributed by atoms with Crippen LogP contribution in [0.1, 0.15) is 24.4 Å². The van der Waals surface area contributed by atoms with Crippen LogP contribution in [0, 0.1) is 0 Å². The van der Waals surface area contributed by atoms with Crippen LogP contribution < -0.4 is 5.32 Å². The van der Waals surface area contributed by atoms with Gasteiger partial charge in [-0.25, -0.2) is 17.7 Å². The van der Waals surface area contributed by atoms with Gasteiger partial charge in [-0.1, -0.05) is 12.1 Å². The van der Waals surface area contributed by atoms with Gasteiger partial charge < -0.3 is 5.32 Å². The quantitative estimate of drug-likeness (QED) is 0.878. The molecule has 0 amide bonds. The Morgan fingerprint density at radius 1 is 1.32 bits per heavy atom. The summed E-state index contributed by atoms with van der Waals surface area (Å²) in [5.74, 6) is 0. The van der Waals surface area contributed by atoms with Crippen LogP contribution in [0.5, 0.6) is 0 Å². The fraction of sp³-hybridized carbons (Fsp3) is 0.400. The molecule has 0 fully saturated rings. The highest BCUT2D eigenvalue weighted by molar-refractivity contribution is 7.89. The van der Waals surface area contributed by atoms with Gasteiger partial charge in [0.05, 0.1) is 10.4 Å². The third-order valence-electron chi connectivity index (χ3n) is 3.38.